The van der Waals surface area contributed by atoms with Crippen LogP contribution in [-0.2, 0) is 10.0 Å². The first-order chi connectivity index (χ1) is 11.4. The molecule has 0 aliphatic heterocycles. The maximum atomic E-state index is 11.5. The molecule has 0 unspecified atom stereocenters. The monoisotopic (exact) mass is 357 g/mol. The summed E-state index contributed by atoms with van der Waals surface area (Å²) in [4.78, 5) is 1.43. The highest BCUT2D eigenvalue weighted by Gasteiger charge is 2.38. The van der Waals surface area contributed by atoms with Gasteiger partial charge in [-0.1, -0.05) is 30.7 Å². The van der Waals surface area contributed by atoms with Gasteiger partial charge in [0, 0.05) is 10.3 Å². The number of allylic oxidation sites excluding steroid dienone is 4. The molecule has 0 atom stereocenters. The highest BCUT2D eigenvalue weighted by atomic mass is 32.2. The van der Waals surface area contributed by atoms with Gasteiger partial charge in [0.15, 0.2) is 0 Å². The highest BCUT2D eigenvalue weighted by Crippen LogP contribution is 2.54. The summed E-state index contributed by atoms with van der Waals surface area (Å²) in [7, 11) is -3.65. The molecular weight excluding hydrogens is 338 g/mol. The van der Waals surface area contributed by atoms with Crippen LogP contribution in [0.2, 0.25) is 0 Å². The zero-order valence-corrected chi connectivity index (χ0v) is 15.1. The first kappa shape index (κ1) is 15.8. The number of hydrogen-bond acceptors (Lipinski definition) is 3. The summed E-state index contributed by atoms with van der Waals surface area (Å²) >= 11 is 1.76. The molecule has 1 heterocycles. The van der Waals surface area contributed by atoms with Gasteiger partial charge in [0.1, 0.15) is 0 Å². The van der Waals surface area contributed by atoms with E-state index in [4.69, 9.17) is 5.14 Å². The van der Waals surface area contributed by atoms with E-state index in [2.05, 4.69) is 30.5 Å². The standard InChI is InChI=1S/C19H19NO2S2/c1-13-9-18(23-12-13)17-11-19(7-2-8-19)10-16(17)14-3-5-15(6-4-14)24(20,21)22/h3-6,9-12H,2,7-8H2,1H3,(H2,20,21,22). The highest BCUT2D eigenvalue weighted by molar-refractivity contribution is 7.89. The summed E-state index contributed by atoms with van der Waals surface area (Å²) in [6, 6.07) is 9.12. The molecule has 2 aliphatic rings. The Balaban J connectivity index is 1.77. The third kappa shape index (κ3) is 2.66. The maximum absolute atomic E-state index is 11.5. The van der Waals surface area contributed by atoms with Crippen molar-refractivity contribution in [2.75, 3.05) is 0 Å². The minimum absolute atomic E-state index is 0.153. The topological polar surface area (TPSA) is 60.2 Å². The fourth-order valence-electron chi connectivity index (χ4n) is 3.49. The molecule has 1 aromatic carbocycles. The van der Waals surface area contributed by atoms with Crippen LogP contribution < -0.4 is 5.14 Å². The Hall–Kier alpha value is -1.69. The summed E-state index contributed by atoms with van der Waals surface area (Å²) < 4.78 is 22.9. The number of thiophene rings is 1. The Morgan fingerprint density at radius 1 is 1.08 bits per heavy atom. The number of sulfonamides is 1. The number of primary sulfonamides is 1. The first-order valence-electron chi connectivity index (χ1n) is 8.01. The van der Waals surface area contributed by atoms with Crippen molar-refractivity contribution in [3.8, 4) is 0 Å². The van der Waals surface area contributed by atoms with Crippen LogP contribution >= 0.6 is 11.3 Å². The summed E-state index contributed by atoms with van der Waals surface area (Å²) in [5.41, 5.74) is 4.99. The molecule has 2 aliphatic carbocycles. The average molecular weight is 358 g/mol. The molecule has 0 amide bonds. The van der Waals surface area contributed by atoms with Gasteiger partial charge in [-0.25, -0.2) is 13.6 Å². The lowest BCUT2D eigenvalue weighted by molar-refractivity contribution is 0.282. The molecule has 4 rings (SSSR count). The van der Waals surface area contributed by atoms with E-state index in [1.54, 1.807) is 23.5 Å². The zero-order chi connectivity index (χ0) is 16.9. The van der Waals surface area contributed by atoms with Gasteiger partial charge in [-0.3, -0.25) is 0 Å². The Morgan fingerprint density at radius 3 is 2.25 bits per heavy atom. The van der Waals surface area contributed by atoms with Gasteiger partial charge in [-0.05, 0) is 65.6 Å². The minimum atomic E-state index is -3.65. The van der Waals surface area contributed by atoms with Gasteiger partial charge in [-0.15, -0.1) is 11.3 Å². The van der Waals surface area contributed by atoms with E-state index in [0.717, 1.165) is 5.56 Å². The van der Waals surface area contributed by atoms with Crippen LogP contribution in [-0.4, -0.2) is 8.42 Å². The Bertz CT molecular complexity index is 959. The van der Waals surface area contributed by atoms with E-state index in [0.29, 0.717) is 0 Å². The molecule has 0 saturated heterocycles. The Kier molecular flexibility index (Phi) is 3.56. The molecule has 0 radical (unpaired) electrons. The number of benzene rings is 1. The predicted octanol–water partition coefficient (Wildman–Crippen LogP) is 4.35. The van der Waals surface area contributed by atoms with Crippen molar-refractivity contribution in [1.29, 1.82) is 0 Å². The lowest BCUT2D eigenvalue weighted by Crippen LogP contribution is -2.22. The van der Waals surface area contributed by atoms with E-state index in [1.807, 2.05) is 12.1 Å². The predicted molar refractivity (Wildman–Crippen MR) is 99.1 cm³/mol. The van der Waals surface area contributed by atoms with Crippen LogP contribution in [0, 0.1) is 12.3 Å². The van der Waals surface area contributed by atoms with Crippen LogP contribution in [0.3, 0.4) is 0 Å². The SMILES string of the molecule is Cc1csc(C2=CC3(C=C2c2ccc(S(N)(=O)=O)cc2)CCC3)c1. The molecule has 24 heavy (non-hydrogen) atoms. The number of nitrogens with two attached hydrogens (primary N) is 1. The number of aryl methyl sites for hydroxylation is 1. The zero-order valence-electron chi connectivity index (χ0n) is 13.5. The molecule has 2 N–H and O–H groups in total. The second kappa shape index (κ2) is 5.41. The van der Waals surface area contributed by atoms with Gasteiger partial charge in [0.25, 0.3) is 0 Å². The minimum Gasteiger partial charge on any atom is -0.225 e. The van der Waals surface area contributed by atoms with E-state index in [-0.39, 0.29) is 10.3 Å². The summed E-state index contributed by atoms with van der Waals surface area (Å²) in [5.74, 6) is 0. The summed E-state index contributed by atoms with van der Waals surface area (Å²) in [6.45, 7) is 2.11. The number of rotatable bonds is 3. The quantitative estimate of drug-likeness (QED) is 0.887. The molecule has 5 heteroatoms. The maximum Gasteiger partial charge on any atom is 0.238 e. The van der Waals surface area contributed by atoms with Gasteiger partial charge < -0.3 is 0 Å². The lowest BCUT2D eigenvalue weighted by Gasteiger charge is -2.34. The summed E-state index contributed by atoms with van der Waals surface area (Å²) in [5, 5.41) is 7.37. The van der Waals surface area contributed by atoms with Crippen molar-refractivity contribution in [1.82, 2.24) is 0 Å². The van der Waals surface area contributed by atoms with Gasteiger partial charge in [-0.2, -0.15) is 0 Å². The lowest BCUT2D eigenvalue weighted by atomic mass is 9.70. The van der Waals surface area contributed by atoms with Crippen LogP contribution in [0.4, 0.5) is 0 Å². The molecule has 2 aromatic rings. The van der Waals surface area contributed by atoms with Crippen molar-refractivity contribution in [3.63, 3.8) is 0 Å². The third-order valence-corrected chi connectivity index (χ3v) is 6.94. The van der Waals surface area contributed by atoms with Crippen molar-refractivity contribution in [3.05, 3.63) is 63.9 Å². The second-order valence-electron chi connectivity index (χ2n) is 6.76. The third-order valence-electron chi connectivity index (χ3n) is 4.93. The molecule has 1 saturated carbocycles. The molecule has 1 fully saturated rings. The van der Waals surface area contributed by atoms with Crippen LogP contribution in [0.25, 0.3) is 11.1 Å². The normalized spacial score (nSPS) is 19.1. The Morgan fingerprint density at radius 2 is 1.75 bits per heavy atom. The van der Waals surface area contributed by atoms with Gasteiger partial charge in [0.05, 0.1) is 4.90 Å². The molecule has 124 valence electrons. The van der Waals surface area contributed by atoms with Gasteiger partial charge >= 0.3 is 0 Å². The van der Waals surface area contributed by atoms with E-state index in [9.17, 15) is 8.42 Å². The molecule has 3 nitrogen and oxygen atoms in total. The fraction of sp³-hybridized carbons (Fsp3) is 0.263. The molecule has 1 spiro atoms. The number of hydrogen-bond donors (Lipinski definition) is 1. The Labute approximate surface area is 146 Å². The van der Waals surface area contributed by atoms with Crippen LogP contribution in [0.1, 0.15) is 35.3 Å². The first-order valence-corrected chi connectivity index (χ1v) is 10.4. The largest absolute Gasteiger partial charge is 0.238 e. The smallest absolute Gasteiger partial charge is 0.225 e. The summed E-state index contributed by atoms with van der Waals surface area (Å²) in [6.07, 6.45) is 8.43. The average Bonchev–Trinajstić information content (AvgIpc) is 3.10. The van der Waals surface area contributed by atoms with Crippen LogP contribution in [0.15, 0.2) is 52.8 Å². The molecule has 0 bridgehead atoms. The van der Waals surface area contributed by atoms with E-state index < -0.39 is 10.0 Å². The van der Waals surface area contributed by atoms with E-state index >= 15 is 0 Å². The van der Waals surface area contributed by atoms with Crippen LogP contribution in [0.5, 0.6) is 0 Å². The molecule has 1 aromatic heterocycles. The fourth-order valence-corrected chi connectivity index (χ4v) is 4.93. The van der Waals surface area contributed by atoms with E-state index in [1.165, 1.54) is 40.8 Å². The molecular formula is C19H19NO2S2. The van der Waals surface area contributed by atoms with Crippen molar-refractivity contribution in [2.45, 2.75) is 31.1 Å². The van der Waals surface area contributed by atoms with Gasteiger partial charge in [0.2, 0.25) is 10.0 Å². The second-order valence-corrected chi connectivity index (χ2v) is 9.23. The van der Waals surface area contributed by atoms with Crippen molar-refractivity contribution >= 4 is 32.5 Å². The van der Waals surface area contributed by atoms with Crippen molar-refractivity contribution in [2.24, 2.45) is 10.6 Å². The van der Waals surface area contributed by atoms with Crippen molar-refractivity contribution < 1.29 is 8.42 Å².